The molecule has 6 heteroatoms. The molecule has 0 aliphatic rings. The van der Waals surface area contributed by atoms with Crippen LogP contribution in [0.15, 0.2) is 24.3 Å². The summed E-state index contributed by atoms with van der Waals surface area (Å²) in [5, 5.41) is 9.57. The number of H-pyrrole nitrogens is 1. The van der Waals surface area contributed by atoms with Crippen molar-refractivity contribution in [1.29, 1.82) is 0 Å². The van der Waals surface area contributed by atoms with E-state index in [0.29, 0.717) is 5.69 Å². The predicted octanol–water partition coefficient (Wildman–Crippen LogP) is 2.57. The van der Waals surface area contributed by atoms with Crippen molar-refractivity contribution in [2.24, 2.45) is 0 Å². The molecule has 0 aliphatic carbocycles. The van der Waals surface area contributed by atoms with Crippen LogP contribution in [0, 0.1) is 5.82 Å². The molecule has 1 unspecified atom stereocenters. The molecule has 1 heterocycles. The molecule has 4 N–H and O–H groups in total. The standard InChI is InChI=1S/C15H19FN4O/c1-3-4-12-13(17)14(20-19-12)15(21)18-9(2)10-5-7-11(16)8-6-10/h5-9H,3-4,17H2,1-2H3,(H,18,21)(H,19,20). The summed E-state index contributed by atoms with van der Waals surface area (Å²) in [4.78, 5) is 12.2. The summed E-state index contributed by atoms with van der Waals surface area (Å²) in [6.45, 7) is 3.84. The molecule has 0 spiro atoms. The second kappa shape index (κ2) is 6.39. The third kappa shape index (κ3) is 3.39. The van der Waals surface area contributed by atoms with E-state index >= 15 is 0 Å². The number of aromatic nitrogens is 2. The molecule has 1 aromatic heterocycles. The van der Waals surface area contributed by atoms with Gasteiger partial charge in [0.15, 0.2) is 5.69 Å². The van der Waals surface area contributed by atoms with Crippen LogP contribution in [0.1, 0.15) is 48.1 Å². The summed E-state index contributed by atoms with van der Waals surface area (Å²) in [5.74, 6) is -0.652. The molecule has 1 aromatic carbocycles. The molecular formula is C15H19FN4O. The van der Waals surface area contributed by atoms with Crippen LogP contribution >= 0.6 is 0 Å². The Hall–Kier alpha value is -2.37. The first-order valence-electron chi connectivity index (χ1n) is 6.92. The van der Waals surface area contributed by atoms with E-state index in [0.717, 1.165) is 24.1 Å². The molecule has 0 radical (unpaired) electrons. The number of benzene rings is 1. The van der Waals surface area contributed by atoms with Gasteiger partial charge in [-0.1, -0.05) is 25.5 Å². The van der Waals surface area contributed by atoms with Crippen molar-refractivity contribution in [3.8, 4) is 0 Å². The van der Waals surface area contributed by atoms with Gasteiger partial charge in [-0.25, -0.2) is 4.39 Å². The number of nitrogens with two attached hydrogens (primary N) is 1. The van der Waals surface area contributed by atoms with E-state index in [1.54, 1.807) is 12.1 Å². The van der Waals surface area contributed by atoms with Crippen LogP contribution in [-0.2, 0) is 6.42 Å². The average Bonchev–Trinajstić information content (AvgIpc) is 2.81. The van der Waals surface area contributed by atoms with Gasteiger partial charge in [-0.05, 0) is 31.0 Å². The molecule has 0 saturated heterocycles. The topological polar surface area (TPSA) is 83.8 Å². The van der Waals surface area contributed by atoms with Crippen LogP contribution in [0.25, 0.3) is 0 Å². The van der Waals surface area contributed by atoms with E-state index in [2.05, 4.69) is 15.5 Å². The number of hydrogen-bond acceptors (Lipinski definition) is 3. The highest BCUT2D eigenvalue weighted by Gasteiger charge is 2.19. The van der Waals surface area contributed by atoms with Gasteiger partial charge in [-0.2, -0.15) is 5.10 Å². The number of hydrogen-bond donors (Lipinski definition) is 3. The average molecular weight is 290 g/mol. The third-order valence-electron chi connectivity index (χ3n) is 3.32. The molecule has 0 fully saturated rings. The summed E-state index contributed by atoms with van der Waals surface area (Å²) >= 11 is 0. The fraction of sp³-hybridized carbons (Fsp3) is 0.333. The van der Waals surface area contributed by atoms with Gasteiger partial charge in [0.1, 0.15) is 5.82 Å². The van der Waals surface area contributed by atoms with E-state index in [9.17, 15) is 9.18 Å². The van der Waals surface area contributed by atoms with Crippen molar-refractivity contribution in [2.75, 3.05) is 5.73 Å². The zero-order valence-corrected chi connectivity index (χ0v) is 12.1. The van der Waals surface area contributed by atoms with Crippen LogP contribution < -0.4 is 11.1 Å². The van der Waals surface area contributed by atoms with Gasteiger partial charge >= 0.3 is 0 Å². The predicted molar refractivity (Wildman–Crippen MR) is 79.3 cm³/mol. The van der Waals surface area contributed by atoms with Crippen LogP contribution in [0.2, 0.25) is 0 Å². The lowest BCUT2D eigenvalue weighted by atomic mass is 10.1. The van der Waals surface area contributed by atoms with Crippen LogP contribution in [-0.4, -0.2) is 16.1 Å². The lowest BCUT2D eigenvalue weighted by Crippen LogP contribution is -2.27. The van der Waals surface area contributed by atoms with E-state index in [4.69, 9.17) is 5.73 Å². The number of aryl methyl sites for hydroxylation is 1. The number of amides is 1. The summed E-state index contributed by atoms with van der Waals surface area (Å²) in [6, 6.07) is 5.73. The normalized spacial score (nSPS) is 12.1. The Morgan fingerprint density at radius 3 is 2.71 bits per heavy atom. The van der Waals surface area contributed by atoms with Crippen molar-refractivity contribution in [2.45, 2.75) is 32.7 Å². The van der Waals surface area contributed by atoms with E-state index < -0.39 is 0 Å². The molecule has 5 nitrogen and oxygen atoms in total. The van der Waals surface area contributed by atoms with Crippen LogP contribution in [0.3, 0.4) is 0 Å². The second-order valence-electron chi connectivity index (χ2n) is 4.96. The highest BCUT2D eigenvalue weighted by atomic mass is 19.1. The minimum Gasteiger partial charge on any atom is -0.395 e. The minimum atomic E-state index is -0.345. The van der Waals surface area contributed by atoms with E-state index in [1.807, 2.05) is 13.8 Å². The number of nitrogens with zero attached hydrogens (tertiary/aromatic N) is 1. The fourth-order valence-electron chi connectivity index (χ4n) is 2.10. The monoisotopic (exact) mass is 290 g/mol. The largest absolute Gasteiger partial charge is 0.395 e. The van der Waals surface area contributed by atoms with Gasteiger partial charge in [0, 0.05) is 0 Å². The lowest BCUT2D eigenvalue weighted by Gasteiger charge is -2.13. The van der Waals surface area contributed by atoms with Crippen molar-refractivity contribution < 1.29 is 9.18 Å². The Morgan fingerprint density at radius 2 is 2.10 bits per heavy atom. The summed E-state index contributed by atoms with van der Waals surface area (Å²) in [6.07, 6.45) is 1.67. The Balaban J connectivity index is 2.09. The van der Waals surface area contributed by atoms with Crippen LogP contribution in [0.5, 0.6) is 0 Å². The Bertz CT molecular complexity index is 621. The Labute approximate surface area is 122 Å². The lowest BCUT2D eigenvalue weighted by molar-refractivity contribution is 0.0935. The maximum absolute atomic E-state index is 12.9. The number of halogens is 1. The molecule has 2 aromatic rings. The number of aromatic amines is 1. The number of nitrogens with one attached hydrogen (secondary N) is 2. The number of carbonyl (C=O) groups excluding carboxylic acids is 1. The smallest absolute Gasteiger partial charge is 0.274 e. The van der Waals surface area contributed by atoms with Gasteiger partial charge in [-0.3, -0.25) is 9.89 Å². The molecule has 21 heavy (non-hydrogen) atoms. The van der Waals surface area contributed by atoms with Gasteiger partial charge in [0.2, 0.25) is 0 Å². The maximum Gasteiger partial charge on any atom is 0.274 e. The van der Waals surface area contributed by atoms with E-state index in [-0.39, 0.29) is 23.5 Å². The van der Waals surface area contributed by atoms with Gasteiger partial charge in [0.25, 0.3) is 5.91 Å². The SMILES string of the molecule is CCCc1[nH]nc(C(=O)NC(C)c2ccc(F)cc2)c1N. The molecule has 1 amide bonds. The molecule has 0 aliphatic heterocycles. The van der Waals surface area contributed by atoms with Gasteiger partial charge in [-0.15, -0.1) is 0 Å². The van der Waals surface area contributed by atoms with Crippen molar-refractivity contribution in [3.05, 3.63) is 47.0 Å². The van der Waals surface area contributed by atoms with Gasteiger partial charge in [0.05, 0.1) is 17.4 Å². The highest BCUT2D eigenvalue weighted by molar-refractivity contribution is 5.97. The summed E-state index contributed by atoms with van der Waals surface area (Å²) in [7, 11) is 0. The van der Waals surface area contributed by atoms with Crippen molar-refractivity contribution in [3.63, 3.8) is 0 Å². The summed E-state index contributed by atoms with van der Waals surface area (Å²) in [5.41, 5.74) is 8.10. The Kier molecular flexibility index (Phi) is 4.57. The number of anilines is 1. The fourth-order valence-corrected chi connectivity index (χ4v) is 2.10. The first-order valence-corrected chi connectivity index (χ1v) is 6.92. The first kappa shape index (κ1) is 15.0. The zero-order chi connectivity index (χ0) is 15.4. The number of rotatable bonds is 5. The molecule has 2 rings (SSSR count). The molecule has 0 saturated carbocycles. The maximum atomic E-state index is 12.9. The first-order chi connectivity index (χ1) is 10.0. The number of carbonyl (C=O) groups is 1. The third-order valence-corrected chi connectivity index (χ3v) is 3.32. The Morgan fingerprint density at radius 1 is 1.43 bits per heavy atom. The van der Waals surface area contributed by atoms with Crippen molar-refractivity contribution >= 4 is 11.6 Å². The molecule has 112 valence electrons. The minimum absolute atomic E-state index is 0.201. The van der Waals surface area contributed by atoms with Crippen LogP contribution in [0.4, 0.5) is 10.1 Å². The second-order valence-corrected chi connectivity index (χ2v) is 4.96. The zero-order valence-electron chi connectivity index (χ0n) is 12.1. The summed E-state index contributed by atoms with van der Waals surface area (Å²) < 4.78 is 12.9. The highest BCUT2D eigenvalue weighted by Crippen LogP contribution is 2.18. The molecule has 1 atom stereocenters. The molecule has 0 bridgehead atoms. The van der Waals surface area contributed by atoms with Gasteiger partial charge < -0.3 is 11.1 Å². The molecular weight excluding hydrogens is 271 g/mol. The van der Waals surface area contributed by atoms with Crippen molar-refractivity contribution in [1.82, 2.24) is 15.5 Å². The number of nitrogen functional groups attached to an aromatic ring is 1. The van der Waals surface area contributed by atoms with E-state index in [1.165, 1.54) is 12.1 Å². The quantitative estimate of drug-likeness (QED) is 0.791.